The van der Waals surface area contributed by atoms with E-state index < -0.39 is 5.92 Å². The fourth-order valence-corrected chi connectivity index (χ4v) is 1.86. The number of carbonyl (C=O) groups is 2. The minimum atomic E-state index is -0.616. The molecule has 3 heteroatoms. The Morgan fingerprint density at radius 2 is 1.83 bits per heavy atom. The number of Topliss-reactive ketones (excluding diaryl/α,β-unsaturated/α-hetero) is 1. The van der Waals surface area contributed by atoms with E-state index in [2.05, 4.69) is 0 Å². The van der Waals surface area contributed by atoms with Crippen LogP contribution in [0.25, 0.3) is 0 Å². The highest BCUT2D eigenvalue weighted by molar-refractivity contribution is 5.99. The number of ketones is 1. The average Bonchev–Trinajstić information content (AvgIpc) is 2.37. The molecule has 0 fully saturated rings. The van der Waals surface area contributed by atoms with Crippen LogP contribution in [0.5, 0.6) is 0 Å². The normalized spacial score (nSPS) is 11.9. The number of benzene rings is 1. The lowest BCUT2D eigenvalue weighted by atomic mass is 9.94. The molecule has 0 aromatic heterocycles. The Hall–Kier alpha value is -1.64. The summed E-state index contributed by atoms with van der Waals surface area (Å²) in [4.78, 5) is 23.8. The molecule has 1 aromatic rings. The van der Waals surface area contributed by atoms with Gasteiger partial charge in [-0.1, -0.05) is 43.7 Å². The average molecular weight is 248 g/mol. The Morgan fingerprint density at radius 3 is 2.39 bits per heavy atom. The van der Waals surface area contributed by atoms with Crippen LogP contribution in [0.1, 0.15) is 32.3 Å². The van der Waals surface area contributed by atoms with Crippen LogP contribution in [0.15, 0.2) is 30.3 Å². The van der Waals surface area contributed by atoms with E-state index in [0.29, 0.717) is 19.4 Å². The van der Waals surface area contributed by atoms with Gasteiger partial charge in [-0.25, -0.2) is 0 Å². The predicted molar refractivity (Wildman–Crippen MR) is 70.2 cm³/mol. The summed E-state index contributed by atoms with van der Waals surface area (Å²) in [5.41, 5.74) is 0.938. The fourth-order valence-electron chi connectivity index (χ4n) is 1.86. The zero-order chi connectivity index (χ0) is 13.4. The van der Waals surface area contributed by atoms with Gasteiger partial charge >= 0.3 is 5.97 Å². The molecular weight excluding hydrogens is 228 g/mol. The summed E-state index contributed by atoms with van der Waals surface area (Å²) in [6.07, 6.45) is 1.65. The Bertz CT molecular complexity index is 384. The van der Waals surface area contributed by atoms with Crippen molar-refractivity contribution in [3.05, 3.63) is 35.9 Å². The van der Waals surface area contributed by atoms with Crippen molar-refractivity contribution < 1.29 is 14.3 Å². The van der Waals surface area contributed by atoms with Gasteiger partial charge in [0.15, 0.2) is 5.78 Å². The van der Waals surface area contributed by atoms with Gasteiger partial charge in [0.05, 0.1) is 6.61 Å². The molecule has 1 rings (SSSR count). The highest BCUT2D eigenvalue weighted by Gasteiger charge is 2.26. The lowest BCUT2D eigenvalue weighted by molar-refractivity contribution is -0.151. The summed E-state index contributed by atoms with van der Waals surface area (Å²) >= 11 is 0. The fraction of sp³-hybridized carbons (Fsp3) is 0.467. The van der Waals surface area contributed by atoms with Crippen LogP contribution in [-0.2, 0) is 20.7 Å². The van der Waals surface area contributed by atoms with Crippen molar-refractivity contribution in [2.75, 3.05) is 6.61 Å². The van der Waals surface area contributed by atoms with Gasteiger partial charge in [0.1, 0.15) is 5.92 Å². The van der Waals surface area contributed by atoms with Crippen LogP contribution in [-0.4, -0.2) is 18.4 Å². The van der Waals surface area contributed by atoms with E-state index in [0.717, 1.165) is 12.0 Å². The molecule has 0 radical (unpaired) electrons. The molecule has 0 bridgehead atoms. The largest absolute Gasteiger partial charge is 0.465 e. The lowest BCUT2D eigenvalue weighted by Gasteiger charge is -2.13. The van der Waals surface area contributed by atoms with E-state index in [4.69, 9.17) is 4.74 Å². The molecule has 3 nitrogen and oxygen atoms in total. The quantitative estimate of drug-likeness (QED) is 0.550. The minimum absolute atomic E-state index is 0.0542. The van der Waals surface area contributed by atoms with E-state index >= 15 is 0 Å². The molecule has 0 aliphatic rings. The van der Waals surface area contributed by atoms with Crippen molar-refractivity contribution in [2.24, 2.45) is 5.92 Å². The van der Waals surface area contributed by atoms with Crippen LogP contribution in [0.2, 0.25) is 0 Å². The molecule has 98 valence electrons. The van der Waals surface area contributed by atoms with Gasteiger partial charge in [0.25, 0.3) is 0 Å². The number of hydrogen-bond donors (Lipinski definition) is 0. The first-order chi connectivity index (χ1) is 8.69. The van der Waals surface area contributed by atoms with Crippen molar-refractivity contribution >= 4 is 11.8 Å². The van der Waals surface area contributed by atoms with E-state index in [9.17, 15) is 9.59 Å². The second-order valence-electron chi connectivity index (χ2n) is 4.22. The molecule has 0 heterocycles. The van der Waals surface area contributed by atoms with Crippen LogP contribution in [0, 0.1) is 5.92 Å². The van der Waals surface area contributed by atoms with Gasteiger partial charge in [0.2, 0.25) is 0 Å². The molecule has 0 saturated heterocycles. The second-order valence-corrected chi connectivity index (χ2v) is 4.22. The van der Waals surface area contributed by atoms with E-state index in [1.165, 1.54) is 0 Å². The van der Waals surface area contributed by atoms with Crippen molar-refractivity contribution in [3.8, 4) is 0 Å². The van der Waals surface area contributed by atoms with Gasteiger partial charge < -0.3 is 4.74 Å². The minimum Gasteiger partial charge on any atom is -0.465 e. The standard InChI is InChI=1S/C15H20O3/c1-3-8-13(15(17)18-4-2)14(16)11-12-9-6-5-7-10-12/h5-7,9-10,13H,3-4,8,11H2,1-2H3. The van der Waals surface area contributed by atoms with Crippen LogP contribution in [0.3, 0.4) is 0 Å². The molecule has 1 atom stereocenters. The number of ether oxygens (including phenoxy) is 1. The molecular formula is C15H20O3. The van der Waals surface area contributed by atoms with Crippen molar-refractivity contribution in [1.29, 1.82) is 0 Å². The Kier molecular flexibility index (Phi) is 6.12. The topological polar surface area (TPSA) is 43.4 Å². The smallest absolute Gasteiger partial charge is 0.316 e. The summed E-state index contributed by atoms with van der Waals surface area (Å²) in [6.45, 7) is 4.03. The maximum atomic E-state index is 12.1. The third-order valence-corrected chi connectivity index (χ3v) is 2.76. The highest BCUT2D eigenvalue weighted by Crippen LogP contribution is 2.14. The second kappa shape index (κ2) is 7.64. The summed E-state index contributed by atoms with van der Waals surface area (Å²) < 4.78 is 4.96. The van der Waals surface area contributed by atoms with E-state index in [1.807, 2.05) is 37.3 Å². The summed E-state index contributed by atoms with van der Waals surface area (Å²) in [5.74, 6) is -1.06. The zero-order valence-electron chi connectivity index (χ0n) is 11.0. The van der Waals surface area contributed by atoms with Gasteiger partial charge in [-0.2, -0.15) is 0 Å². The van der Waals surface area contributed by atoms with E-state index in [1.54, 1.807) is 6.92 Å². The summed E-state index contributed by atoms with van der Waals surface area (Å²) in [6, 6.07) is 9.48. The Labute approximate surface area is 108 Å². The first-order valence-electron chi connectivity index (χ1n) is 6.42. The van der Waals surface area contributed by atoms with Crippen LogP contribution < -0.4 is 0 Å². The van der Waals surface area contributed by atoms with E-state index in [-0.39, 0.29) is 11.8 Å². The monoisotopic (exact) mass is 248 g/mol. The molecule has 0 spiro atoms. The Balaban J connectivity index is 2.68. The SMILES string of the molecule is CCCC(C(=O)Cc1ccccc1)C(=O)OCC. The molecule has 0 amide bonds. The molecule has 0 saturated carbocycles. The molecule has 1 unspecified atom stereocenters. The van der Waals surface area contributed by atoms with Crippen molar-refractivity contribution in [2.45, 2.75) is 33.1 Å². The van der Waals surface area contributed by atoms with Gasteiger partial charge in [-0.05, 0) is 18.9 Å². The number of carbonyl (C=O) groups excluding carboxylic acids is 2. The molecule has 18 heavy (non-hydrogen) atoms. The first-order valence-corrected chi connectivity index (χ1v) is 6.42. The first kappa shape index (κ1) is 14.4. The third-order valence-electron chi connectivity index (χ3n) is 2.76. The predicted octanol–water partition coefficient (Wildman–Crippen LogP) is 2.78. The summed E-state index contributed by atoms with van der Waals surface area (Å²) in [5, 5.41) is 0. The number of esters is 1. The number of hydrogen-bond acceptors (Lipinski definition) is 3. The van der Waals surface area contributed by atoms with Gasteiger partial charge in [0, 0.05) is 6.42 Å². The third kappa shape index (κ3) is 4.32. The molecule has 0 N–H and O–H groups in total. The van der Waals surface area contributed by atoms with Crippen LogP contribution >= 0.6 is 0 Å². The Morgan fingerprint density at radius 1 is 1.17 bits per heavy atom. The zero-order valence-corrected chi connectivity index (χ0v) is 11.0. The molecule has 0 aliphatic heterocycles. The highest BCUT2D eigenvalue weighted by atomic mass is 16.5. The maximum Gasteiger partial charge on any atom is 0.316 e. The van der Waals surface area contributed by atoms with Crippen molar-refractivity contribution in [3.63, 3.8) is 0 Å². The number of rotatable bonds is 7. The molecule has 0 aliphatic carbocycles. The van der Waals surface area contributed by atoms with Gasteiger partial charge in [-0.3, -0.25) is 9.59 Å². The lowest BCUT2D eigenvalue weighted by Crippen LogP contribution is -2.27. The molecule has 1 aromatic carbocycles. The van der Waals surface area contributed by atoms with Gasteiger partial charge in [-0.15, -0.1) is 0 Å². The van der Waals surface area contributed by atoms with Crippen LogP contribution in [0.4, 0.5) is 0 Å². The summed E-state index contributed by atoms with van der Waals surface area (Å²) in [7, 11) is 0. The van der Waals surface area contributed by atoms with Crippen molar-refractivity contribution in [1.82, 2.24) is 0 Å². The maximum absolute atomic E-state index is 12.1.